The summed E-state index contributed by atoms with van der Waals surface area (Å²) in [6.07, 6.45) is -3.45. The van der Waals surface area contributed by atoms with Gasteiger partial charge in [0.05, 0.1) is 5.92 Å². The second-order valence-corrected chi connectivity index (χ2v) is 4.43. The molecule has 0 N–H and O–H groups in total. The van der Waals surface area contributed by atoms with Gasteiger partial charge in [-0.25, -0.2) is 0 Å². The second-order valence-electron chi connectivity index (χ2n) is 4.04. The Bertz CT molecular complexity index is 379. The zero-order valence-corrected chi connectivity index (χ0v) is 9.67. The van der Waals surface area contributed by atoms with Crippen molar-refractivity contribution in [1.82, 2.24) is 10.2 Å². The Hall–Kier alpha value is -1.04. The van der Waals surface area contributed by atoms with Crippen LogP contribution in [0.2, 0.25) is 5.15 Å². The van der Waals surface area contributed by atoms with Gasteiger partial charge in [-0.05, 0) is 25.0 Å². The number of hydrogen-bond acceptors (Lipinski definition) is 3. The number of nitrogens with zero attached hydrogens (tertiary/aromatic N) is 3. The van der Waals surface area contributed by atoms with E-state index in [9.17, 15) is 13.2 Å². The van der Waals surface area contributed by atoms with E-state index in [0.717, 1.165) is 0 Å². The molecule has 1 aliphatic rings. The van der Waals surface area contributed by atoms with E-state index in [1.54, 1.807) is 11.0 Å². The highest BCUT2D eigenvalue weighted by atomic mass is 35.5. The predicted molar refractivity (Wildman–Crippen MR) is 58.0 cm³/mol. The quantitative estimate of drug-likeness (QED) is 0.782. The van der Waals surface area contributed by atoms with Crippen molar-refractivity contribution in [1.29, 1.82) is 0 Å². The number of anilines is 1. The Morgan fingerprint density at radius 1 is 1.29 bits per heavy atom. The Morgan fingerprint density at radius 2 is 2.06 bits per heavy atom. The highest BCUT2D eigenvalue weighted by molar-refractivity contribution is 6.29. The minimum Gasteiger partial charge on any atom is -0.355 e. The van der Waals surface area contributed by atoms with Crippen LogP contribution in [0.1, 0.15) is 12.8 Å². The van der Waals surface area contributed by atoms with Gasteiger partial charge >= 0.3 is 6.18 Å². The standard InChI is InChI=1S/C10H11ClF3N3/c11-8-3-4-9(16-15-8)17-5-1-2-7(6-17)10(12,13)14/h3-4,7H,1-2,5-6H2. The van der Waals surface area contributed by atoms with Gasteiger partial charge in [0.2, 0.25) is 0 Å². The molecule has 0 amide bonds. The summed E-state index contributed by atoms with van der Waals surface area (Å²) in [5, 5.41) is 7.66. The minimum absolute atomic E-state index is 0.0557. The van der Waals surface area contributed by atoms with Crippen LogP contribution >= 0.6 is 11.6 Å². The Morgan fingerprint density at radius 3 is 2.65 bits per heavy atom. The van der Waals surface area contributed by atoms with Crippen LogP contribution in [0.4, 0.5) is 19.0 Å². The fourth-order valence-electron chi connectivity index (χ4n) is 1.93. The van der Waals surface area contributed by atoms with E-state index >= 15 is 0 Å². The third-order valence-corrected chi connectivity index (χ3v) is 3.03. The maximum Gasteiger partial charge on any atom is 0.393 e. The molecule has 7 heteroatoms. The molecular weight excluding hydrogens is 255 g/mol. The summed E-state index contributed by atoms with van der Waals surface area (Å²) in [6.45, 7) is 0.517. The molecule has 0 aliphatic carbocycles. The molecule has 17 heavy (non-hydrogen) atoms. The van der Waals surface area contributed by atoms with Crippen LogP contribution in [0.5, 0.6) is 0 Å². The van der Waals surface area contributed by atoms with Crippen molar-refractivity contribution in [3.8, 4) is 0 Å². The van der Waals surface area contributed by atoms with E-state index in [2.05, 4.69) is 10.2 Å². The first-order valence-corrected chi connectivity index (χ1v) is 5.65. The van der Waals surface area contributed by atoms with E-state index in [0.29, 0.717) is 18.8 Å². The molecule has 2 rings (SSSR count). The van der Waals surface area contributed by atoms with E-state index < -0.39 is 12.1 Å². The summed E-state index contributed by atoms with van der Waals surface area (Å²) in [5.74, 6) is -0.836. The molecule has 0 spiro atoms. The van der Waals surface area contributed by atoms with Gasteiger partial charge in [0, 0.05) is 13.1 Å². The Kier molecular flexibility index (Phi) is 3.42. The van der Waals surface area contributed by atoms with Crippen LogP contribution in [-0.2, 0) is 0 Å². The lowest BCUT2D eigenvalue weighted by Crippen LogP contribution is -2.42. The summed E-state index contributed by atoms with van der Waals surface area (Å²) >= 11 is 5.58. The van der Waals surface area contributed by atoms with Gasteiger partial charge in [-0.3, -0.25) is 0 Å². The summed E-state index contributed by atoms with van der Waals surface area (Å²) in [7, 11) is 0. The van der Waals surface area contributed by atoms with Crippen molar-refractivity contribution in [2.75, 3.05) is 18.0 Å². The molecule has 94 valence electrons. The van der Waals surface area contributed by atoms with Gasteiger partial charge in [-0.15, -0.1) is 10.2 Å². The molecule has 2 heterocycles. The van der Waals surface area contributed by atoms with E-state index in [-0.39, 0.29) is 18.1 Å². The molecule has 1 atom stereocenters. The maximum atomic E-state index is 12.6. The first-order valence-electron chi connectivity index (χ1n) is 5.28. The molecule has 0 bridgehead atoms. The topological polar surface area (TPSA) is 29.0 Å². The molecule has 0 aromatic carbocycles. The van der Waals surface area contributed by atoms with Crippen molar-refractivity contribution in [2.45, 2.75) is 19.0 Å². The number of hydrogen-bond donors (Lipinski definition) is 0. The zero-order chi connectivity index (χ0) is 12.5. The maximum absolute atomic E-state index is 12.6. The smallest absolute Gasteiger partial charge is 0.355 e. The fraction of sp³-hybridized carbons (Fsp3) is 0.600. The molecule has 3 nitrogen and oxygen atoms in total. The molecule has 0 saturated carbocycles. The van der Waals surface area contributed by atoms with Gasteiger partial charge in [-0.1, -0.05) is 11.6 Å². The monoisotopic (exact) mass is 265 g/mol. The van der Waals surface area contributed by atoms with Crippen molar-refractivity contribution < 1.29 is 13.2 Å². The van der Waals surface area contributed by atoms with Crippen molar-refractivity contribution in [2.24, 2.45) is 5.92 Å². The molecule has 1 aromatic rings. The lowest BCUT2D eigenvalue weighted by molar-refractivity contribution is -0.176. The second kappa shape index (κ2) is 4.68. The molecule has 1 aromatic heterocycles. The van der Waals surface area contributed by atoms with E-state index in [1.165, 1.54) is 6.07 Å². The normalized spacial score (nSPS) is 21.6. The van der Waals surface area contributed by atoms with Crippen LogP contribution in [0.25, 0.3) is 0 Å². The predicted octanol–water partition coefficient (Wildman–Crippen LogP) is 2.91. The summed E-state index contributed by atoms with van der Waals surface area (Å²) in [4.78, 5) is 1.60. The van der Waals surface area contributed by atoms with Gasteiger partial charge in [-0.2, -0.15) is 13.2 Å². The summed E-state index contributed by atoms with van der Waals surface area (Å²) in [5.41, 5.74) is 0. The molecular formula is C10H11ClF3N3. The number of halogens is 4. The van der Waals surface area contributed by atoms with Crippen molar-refractivity contribution in [3.63, 3.8) is 0 Å². The molecule has 0 radical (unpaired) electrons. The Labute approximate surface area is 102 Å². The van der Waals surface area contributed by atoms with Crippen LogP contribution in [0.3, 0.4) is 0 Å². The average Bonchev–Trinajstić information content (AvgIpc) is 2.29. The Balaban J connectivity index is 2.09. The summed E-state index contributed by atoms with van der Waals surface area (Å²) < 4.78 is 37.8. The lowest BCUT2D eigenvalue weighted by atomic mass is 9.97. The molecule has 1 fully saturated rings. The lowest BCUT2D eigenvalue weighted by Gasteiger charge is -2.34. The number of rotatable bonds is 1. The molecule has 1 saturated heterocycles. The summed E-state index contributed by atoms with van der Waals surface area (Å²) in [6, 6.07) is 3.12. The average molecular weight is 266 g/mol. The SMILES string of the molecule is FC(F)(F)C1CCCN(c2ccc(Cl)nn2)C1. The van der Waals surface area contributed by atoms with Crippen molar-refractivity contribution in [3.05, 3.63) is 17.3 Å². The van der Waals surface area contributed by atoms with Gasteiger partial charge in [0.1, 0.15) is 0 Å². The van der Waals surface area contributed by atoms with Crippen LogP contribution in [0.15, 0.2) is 12.1 Å². The fourth-order valence-corrected chi connectivity index (χ4v) is 2.03. The molecule has 1 unspecified atom stereocenters. The van der Waals surface area contributed by atoms with Crippen LogP contribution < -0.4 is 4.90 Å². The minimum atomic E-state index is -4.14. The number of aromatic nitrogens is 2. The highest BCUT2D eigenvalue weighted by Gasteiger charge is 2.42. The third-order valence-electron chi connectivity index (χ3n) is 2.83. The first kappa shape index (κ1) is 12.4. The highest BCUT2D eigenvalue weighted by Crippen LogP contribution is 2.34. The largest absolute Gasteiger partial charge is 0.393 e. The number of piperidine rings is 1. The van der Waals surface area contributed by atoms with E-state index in [4.69, 9.17) is 11.6 Å². The van der Waals surface area contributed by atoms with Gasteiger partial charge in [0.15, 0.2) is 11.0 Å². The van der Waals surface area contributed by atoms with Crippen LogP contribution in [0, 0.1) is 5.92 Å². The van der Waals surface area contributed by atoms with Crippen LogP contribution in [-0.4, -0.2) is 29.5 Å². The third kappa shape index (κ3) is 3.00. The van der Waals surface area contributed by atoms with E-state index in [1.807, 2.05) is 0 Å². The molecule has 1 aliphatic heterocycles. The first-order chi connectivity index (χ1) is 7.97. The van der Waals surface area contributed by atoms with Crippen molar-refractivity contribution >= 4 is 17.4 Å². The van der Waals surface area contributed by atoms with Gasteiger partial charge in [0.25, 0.3) is 0 Å². The number of alkyl halides is 3. The van der Waals surface area contributed by atoms with Gasteiger partial charge < -0.3 is 4.90 Å². The zero-order valence-electron chi connectivity index (χ0n) is 8.91.